The number of hydrogen-bond donors (Lipinski definition) is 1. The third-order valence-electron chi connectivity index (χ3n) is 5.01. The van der Waals surface area contributed by atoms with Gasteiger partial charge < -0.3 is 5.32 Å². The highest BCUT2D eigenvalue weighted by Gasteiger charge is 2.15. The highest BCUT2D eigenvalue weighted by Crippen LogP contribution is 2.23. The molecule has 1 aromatic heterocycles. The van der Waals surface area contributed by atoms with Crippen LogP contribution in [0.4, 0.5) is 0 Å². The van der Waals surface area contributed by atoms with Gasteiger partial charge in [0.15, 0.2) is 0 Å². The van der Waals surface area contributed by atoms with Gasteiger partial charge in [-0.25, -0.2) is 0 Å². The quantitative estimate of drug-likeness (QED) is 0.844. The van der Waals surface area contributed by atoms with Crippen molar-refractivity contribution in [2.75, 3.05) is 0 Å². The van der Waals surface area contributed by atoms with Crippen molar-refractivity contribution in [3.8, 4) is 11.3 Å². The molecule has 4 heteroatoms. The van der Waals surface area contributed by atoms with Crippen LogP contribution >= 0.6 is 0 Å². The van der Waals surface area contributed by atoms with Crippen molar-refractivity contribution < 1.29 is 4.79 Å². The van der Waals surface area contributed by atoms with Crippen molar-refractivity contribution in [1.29, 1.82) is 0 Å². The number of nitrogens with zero attached hydrogens (tertiary/aromatic N) is 2. The Morgan fingerprint density at radius 2 is 1.92 bits per heavy atom. The second-order valence-corrected chi connectivity index (χ2v) is 6.80. The van der Waals surface area contributed by atoms with E-state index in [2.05, 4.69) is 28.5 Å². The minimum Gasteiger partial charge on any atom is -0.346 e. The summed E-state index contributed by atoms with van der Waals surface area (Å²) in [6.07, 6.45) is 8.73. The van der Waals surface area contributed by atoms with Crippen molar-refractivity contribution >= 4 is 5.91 Å². The largest absolute Gasteiger partial charge is 0.346 e. The summed E-state index contributed by atoms with van der Waals surface area (Å²) in [4.78, 5) is 12.5. The van der Waals surface area contributed by atoms with E-state index < -0.39 is 0 Å². The Morgan fingerprint density at radius 3 is 2.60 bits per heavy atom. The van der Waals surface area contributed by atoms with Crippen molar-refractivity contribution in [1.82, 2.24) is 15.5 Å². The Kier molecular flexibility index (Phi) is 5.27. The summed E-state index contributed by atoms with van der Waals surface area (Å²) in [7, 11) is 0. The summed E-state index contributed by atoms with van der Waals surface area (Å²) in [5.74, 6) is -0.0300. The molecule has 1 unspecified atom stereocenters. The summed E-state index contributed by atoms with van der Waals surface area (Å²) >= 11 is 0. The molecule has 0 bridgehead atoms. The summed E-state index contributed by atoms with van der Waals surface area (Å²) in [6.45, 7) is 6.13. The van der Waals surface area contributed by atoms with E-state index in [1.165, 1.54) is 18.4 Å². The van der Waals surface area contributed by atoms with Gasteiger partial charge in [0.25, 0.3) is 5.91 Å². The average Bonchev–Trinajstić information content (AvgIpc) is 2.65. The molecular formula is C21H25N3O. The van der Waals surface area contributed by atoms with E-state index in [0.29, 0.717) is 5.56 Å². The van der Waals surface area contributed by atoms with Crippen LogP contribution in [0.2, 0.25) is 0 Å². The molecule has 0 aliphatic heterocycles. The van der Waals surface area contributed by atoms with Gasteiger partial charge in [-0.15, -0.1) is 0 Å². The maximum atomic E-state index is 12.5. The first-order valence-corrected chi connectivity index (χ1v) is 8.95. The Hall–Kier alpha value is -2.49. The number of hydrogen-bond acceptors (Lipinski definition) is 3. The number of benzene rings is 1. The normalized spacial score (nSPS) is 15.4. The Balaban J connectivity index is 1.72. The molecule has 1 N–H and O–H groups in total. The minimum atomic E-state index is -0.0300. The SMILES string of the molecule is Cc1cnnc(-c2ccc(C(=O)NC(C)C3=CCCCC3)cc2)c1C. The number of aromatic nitrogens is 2. The van der Waals surface area contributed by atoms with Crippen LogP contribution in [0.5, 0.6) is 0 Å². The molecule has 0 radical (unpaired) electrons. The third-order valence-corrected chi connectivity index (χ3v) is 5.01. The number of aryl methyl sites for hydroxylation is 1. The van der Waals surface area contributed by atoms with Crippen LogP contribution in [0.1, 0.15) is 54.1 Å². The van der Waals surface area contributed by atoms with Gasteiger partial charge in [0, 0.05) is 17.2 Å². The Bertz CT molecular complexity index is 793. The monoisotopic (exact) mass is 335 g/mol. The molecule has 1 heterocycles. The maximum Gasteiger partial charge on any atom is 0.251 e. The molecule has 0 saturated carbocycles. The summed E-state index contributed by atoms with van der Waals surface area (Å²) in [6, 6.07) is 7.69. The predicted octanol–water partition coefficient (Wildman–Crippen LogP) is 4.38. The first-order valence-electron chi connectivity index (χ1n) is 8.95. The maximum absolute atomic E-state index is 12.5. The summed E-state index contributed by atoms with van der Waals surface area (Å²) < 4.78 is 0. The number of carbonyl (C=O) groups is 1. The van der Waals surface area contributed by atoms with E-state index in [0.717, 1.165) is 35.2 Å². The second-order valence-electron chi connectivity index (χ2n) is 6.80. The van der Waals surface area contributed by atoms with Crippen LogP contribution in [0.3, 0.4) is 0 Å². The average molecular weight is 335 g/mol. The van der Waals surface area contributed by atoms with Crippen molar-refractivity contribution in [2.24, 2.45) is 0 Å². The van der Waals surface area contributed by atoms with Gasteiger partial charge >= 0.3 is 0 Å². The molecule has 0 saturated heterocycles. The fourth-order valence-corrected chi connectivity index (χ4v) is 3.21. The lowest BCUT2D eigenvalue weighted by atomic mass is 9.94. The van der Waals surface area contributed by atoms with Crippen LogP contribution in [0.15, 0.2) is 42.1 Å². The van der Waals surface area contributed by atoms with Gasteiger partial charge in [-0.05, 0) is 69.7 Å². The van der Waals surface area contributed by atoms with Gasteiger partial charge in [-0.3, -0.25) is 4.79 Å². The molecule has 4 nitrogen and oxygen atoms in total. The molecule has 130 valence electrons. The minimum absolute atomic E-state index is 0.0300. The number of allylic oxidation sites excluding steroid dienone is 1. The van der Waals surface area contributed by atoms with Gasteiger partial charge in [0.05, 0.1) is 11.9 Å². The van der Waals surface area contributed by atoms with Crippen LogP contribution in [0.25, 0.3) is 11.3 Å². The molecule has 1 aliphatic carbocycles. The van der Waals surface area contributed by atoms with E-state index in [-0.39, 0.29) is 11.9 Å². The molecule has 3 rings (SSSR count). The first-order chi connectivity index (χ1) is 12.1. The van der Waals surface area contributed by atoms with Crippen molar-refractivity contribution in [3.05, 3.63) is 58.8 Å². The van der Waals surface area contributed by atoms with Crippen molar-refractivity contribution in [3.63, 3.8) is 0 Å². The number of rotatable bonds is 4. The van der Waals surface area contributed by atoms with E-state index in [1.807, 2.05) is 38.1 Å². The molecule has 25 heavy (non-hydrogen) atoms. The third kappa shape index (κ3) is 3.95. The zero-order chi connectivity index (χ0) is 17.8. The fourth-order valence-electron chi connectivity index (χ4n) is 3.21. The molecule has 1 aromatic carbocycles. The molecular weight excluding hydrogens is 310 g/mol. The Morgan fingerprint density at radius 1 is 1.16 bits per heavy atom. The molecule has 0 spiro atoms. The van der Waals surface area contributed by atoms with Crippen LogP contribution in [-0.4, -0.2) is 22.1 Å². The van der Waals surface area contributed by atoms with Crippen LogP contribution in [0, 0.1) is 13.8 Å². The van der Waals surface area contributed by atoms with E-state index in [1.54, 1.807) is 6.20 Å². The van der Waals surface area contributed by atoms with Crippen LogP contribution < -0.4 is 5.32 Å². The highest BCUT2D eigenvalue weighted by molar-refractivity contribution is 5.95. The standard InChI is InChI=1S/C21H25N3O/c1-14-13-22-24-20(15(14)2)18-9-11-19(12-10-18)21(25)23-16(3)17-7-5-4-6-8-17/h7,9-13,16H,4-6,8H2,1-3H3,(H,23,25). The highest BCUT2D eigenvalue weighted by atomic mass is 16.1. The smallest absolute Gasteiger partial charge is 0.251 e. The lowest BCUT2D eigenvalue weighted by Crippen LogP contribution is -2.34. The summed E-state index contributed by atoms with van der Waals surface area (Å²) in [5.41, 5.74) is 6.10. The van der Waals surface area contributed by atoms with Gasteiger partial charge in [0.1, 0.15) is 0 Å². The second kappa shape index (κ2) is 7.60. The number of nitrogens with one attached hydrogen (secondary N) is 1. The lowest BCUT2D eigenvalue weighted by Gasteiger charge is -2.21. The predicted molar refractivity (Wildman–Crippen MR) is 100 cm³/mol. The fraction of sp³-hybridized carbons (Fsp3) is 0.381. The Labute approximate surface area is 149 Å². The molecule has 2 aromatic rings. The molecule has 0 fully saturated rings. The van der Waals surface area contributed by atoms with Gasteiger partial charge in [0.2, 0.25) is 0 Å². The zero-order valence-electron chi connectivity index (χ0n) is 15.2. The molecule has 1 amide bonds. The molecule has 1 atom stereocenters. The van der Waals surface area contributed by atoms with E-state index in [9.17, 15) is 4.79 Å². The summed E-state index contributed by atoms with van der Waals surface area (Å²) in [5, 5.41) is 11.4. The number of amides is 1. The van der Waals surface area contributed by atoms with Crippen LogP contribution in [-0.2, 0) is 0 Å². The van der Waals surface area contributed by atoms with Gasteiger partial charge in [-0.1, -0.05) is 23.8 Å². The van der Waals surface area contributed by atoms with E-state index in [4.69, 9.17) is 0 Å². The molecule has 1 aliphatic rings. The zero-order valence-corrected chi connectivity index (χ0v) is 15.2. The van der Waals surface area contributed by atoms with Crippen molar-refractivity contribution in [2.45, 2.75) is 52.5 Å². The topological polar surface area (TPSA) is 54.9 Å². The van der Waals surface area contributed by atoms with Gasteiger partial charge in [-0.2, -0.15) is 10.2 Å². The number of carbonyl (C=O) groups excluding carboxylic acids is 1. The first kappa shape index (κ1) is 17.3. The van der Waals surface area contributed by atoms with E-state index >= 15 is 0 Å². The lowest BCUT2D eigenvalue weighted by molar-refractivity contribution is 0.0944.